The molecule has 0 spiro atoms. The van der Waals surface area contributed by atoms with Crippen molar-refractivity contribution >= 4 is 28.1 Å². The Kier molecular flexibility index (Phi) is 5.81. The summed E-state index contributed by atoms with van der Waals surface area (Å²) in [6.45, 7) is 5.75. The molecule has 4 aromatic rings. The highest BCUT2D eigenvalue weighted by molar-refractivity contribution is 7.14. The predicted molar refractivity (Wildman–Crippen MR) is 121 cm³/mol. The lowest BCUT2D eigenvalue weighted by molar-refractivity contribution is -0.115. The number of hydrogen-bond donors (Lipinski definition) is 0. The van der Waals surface area contributed by atoms with Crippen molar-refractivity contribution < 1.29 is 9.32 Å². The second kappa shape index (κ2) is 8.69. The Labute approximate surface area is 183 Å². The van der Waals surface area contributed by atoms with Crippen molar-refractivity contribution in [3.05, 3.63) is 81.3 Å². The molecule has 0 aliphatic heterocycles. The Hall–Kier alpha value is -3.52. The SMILES string of the molecule is CCc1ccc(N(C(C)=O)c2nc(Cn3c(-c4ccccc4C)noc3=O)cs2)cc1. The topological polar surface area (TPSA) is 81.2 Å². The third kappa shape index (κ3) is 4.20. The Morgan fingerprint density at radius 1 is 1.16 bits per heavy atom. The maximum Gasteiger partial charge on any atom is 0.442 e. The molecule has 2 aromatic carbocycles. The van der Waals surface area contributed by atoms with E-state index in [4.69, 9.17) is 4.52 Å². The quantitative estimate of drug-likeness (QED) is 0.444. The van der Waals surface area contributed by atoms with Crippen LogP contribution in [-0.4, -0.2) is 20.6 Å². The highest BCUT2D eigenvalue weighted by Crippen LogP contribution is 2.30. The van der Waals surface area contributed by atoms with Crippen molar-refractivity contribution in [2.75, 3.05) is 4.90 Å². The summed E-state index contributed by atoms with van der Waals surface area (Å²) in [6.07, 6.45) is 0.929. The number of thiazole rings is 1. The van der Waals surface area contributed by atoms with E-state index in [1.807, 2.05) is 60.8 Å². The summed E-state index contributed by atoms with van der Waals surface area (Å²) in [7, 11) is 0. The molecule has 0 atom stereocenters. The molecular formula is C23H22N4O3S. The van der Waals surface area contributed by atoms with E-state index in [1.165, 1.54) is 28.4 Å². The number of rotatable bonds is 6. The number of aryl methyl sites for hydroxylation is 2. The summed E-state index contributed by atoms with van der Waals surface area (Å²) < 4.78 is 6.38. The first kappa shape index (κ1) is 20.7. The third-order valence-electron chi connectivity index (χ3n) is 5.04. The van der Waals surface area contributed by atoms with Gasteiger partial charge in [-0.15, -0.1) is 11.3 Å². The molecule has 8 heteroatoms. The molecule has 1 amide bonds. The van der Waals surface area contributed by atoms with Crippen molar-refractivity contribution in [1.29, 1.82) is 0 Å². The predicted octanol–water partition coefficient (Wildman–Crippen LogP) is 4.56. The molecule has 0 unspecified atom stereocenters. The van der Waals surface area contributed by atoms with E-state index in [2.05, 4.69) is 17.1 Å². The highest BCUT2D eigenvalue weighted by atomic mass is 32.1. The number of carbonyl (C=O) groups excluding carboxylic acids is 1. The third-order valence-corrected chi connectivity index (χ3v) is 5.92. The molecule has 2 heterocycles. The van der Waals surface area contributed by atoms with Crippen LogP contribution >= 0.6 is 11.3 Å². The first-order valence-electron chi connectivity index (χ1n) is 9.94. The Bertz CT molecular complexity index is 1270. The molecule has 0 saturated carbocycles. The maximum atomic E-state index is 12.4. The largest absolute Gasteiger partial charge is 0.442 e. The number of hydrogen-bond acceptors (Lipinski definition) is 6. The van der Waals surface area contributed by atoms with Crippen molar-refractivity contribution in [3.8, 4) is 11.4 Å². The highest BCUT2D eigenvalue weighted by Gasteiger charge is 2.20. The zero-order chi connectivity index (χ0) is 22.0. The first-order valence-corrected chi connectivity index (χ1v) is 10.8. The number of aromatic nitrogens is 3. The van der Waals surface area contributed by atoms with E-state index in [-0.39, 0.29) is 12.5 Å². The van der Waals surface area contributed by atoms with Gasteiger partial charge in [-0.2, -0.15) is 0 Å². The van der Waals surface area contributed by atoms with Crippen molar-refractivity contribution in [1.82, 2.24) is 14.7 Å². The lowest BCUT2D eigenvalue weighted by Gasteiger charge is -2.18. The molecule has 7 nitrogen and oxygen atoms in total. The van der Waals surface area contributed by atoms with Crippen LogP contribution in [0.25, 0.3) is 11.4 Å². The zero-order valence-electron chi connectivity index (χ0n) is 17.5. The number of anilines is 2. The van der Waals surface area contributed by atoms with E-state index in [0.717, 1.165) is 23.2 Å². The van der Waals surface area contributed by atoms with Crippen LogP contribution in [-0.2, 0) is 17.8 Å². The molecule has 0 aliphatic rings. The average molecular weight is 435 g/mol. The second-order valence-electron chi connectivity index (χ2n) is 7.17. The van der Waals surface area contributed by atoms with Gasteiger partial charge in [0.15, 0.2) is 11.0 Å². The summed E-state index contributed by atoms with van der Waals surface area (Å²) in [5, 5.41) is 6.35. The average Bonchev–Trinajstić information content (AvgIpc) is 3.36. The number of nitrogens with zero attached hydrogens (tertiary/aromatic N) is 4. The maximum absolute atomic E-state index is 12.4. The van der Waals surface area contributed by atoms with Gasteiger partial charge in [-0.05, 0) is 36.6 Å². The number of benzene rings is 2. The van der Waals surface area contributed by atoms with Gasteiger partial charge in [0, 0.05) is 17.9 Å². The molecular weight excluding hydrogens is 412 g/mol. The number of carbonyl (C=O) groups is 1. The van der Waals surface area contributed by atoms with Crippen LogP contribution in [0, 0.1) is 6.92 Å². The van der Waals surface area contributed by atoms with Gasteiger partial charge in [0.2, 0.25) is 5.91 Å². The summed E-state index contributed by atoms with van der Waals surface area (Å²) in [5.41, 5.74) is 4.42. The van der Waals surface area contributed by atoms with Crippen LogP contribution in [0.3, 0.4) is 0 Å². The monoisotopic (exact) mass is 434 g/mol. The van der Waals surface area contributed by atoms with Gasteiger partial charge in [0.25, 0.3) is 0 Å². The molecule has 4 rings (SSSR count). The van der Waals surface area contributed by atoms with Crippen molar-refractivity contribution in [2.24, 2.45) is 0 Å². The van der Waals surface area contributed by atoms with Gasteiger partial charge in [0.05, 0.1) is 17.9 Å². The molecule has 0 aliphatic carbocycles. The van der Waals surface area contributed by atoms with Crippen LogP contribution in [0.1, 0.15) is 30.7 Å². The molecule has 0 fully saturated rings. The second-order valence-corrected chi connectivity index (χ2v) is 8.01. The van der Waals surface area contributed by atoms with E-state index >= 15 is 0 Å². The minimum absolute atomic E-state index is 0.132. The lowest BCUT2D eigenvalue weighted by Crippen LogP contribution is -2.23. The van der Waals surface area contributed by atoms with E-state index in [0.29, 0.717) is 16.6 Å². The first-order chi connectivity index (χ1) is 15.0. The Morgan fingerprint density at radius 2 is 1.90 bits per heavy atom. The van der Waals surface area contributed by atoms with Gasteiger partial charge >= 0.3 is 5.76 Å². The molecule has 0 radical (unpaired) electrons. The van der Waals surface area contributed by atoms with Gasteiger partial charge in [-0.25, -0.2) is 9.78 Å². The van der Waals surface area contributed by atoms with Crippen molar-refractivity contribution in [3.63, 3.8) is 0 Å². The van der Waals surface area contributed by atoms with Gasteiger partial charge in [0.1, 0.15) is 0 Å². The molecule has 2 aromatic heterocycles. The fraction of sp³-hybridized carbons (Fsp3) is 0.217. The van der Waals surface area contributed by atoms with E-state index in [1.54, 1.807) is 4.90 Å². The normalized spacial score (nSPS) is 10.9. The molecule has 0 bridgehead atoms. The standard InChI is InChI=1S/C23H22N4O3S/c1-4-17-9-11-19(12-10-17)27(16(3)28)22-24-18(14-31-22)13-26-21(25-30-23(26)29)20-8-6-5-7-15(20)2/h5-12,14H,4,13H2,1-3H3. The van der Waals surface area contributed by atoms with Crippen LogP contribution in [0.5, 0.6) is 0 Å². The van der Waals surface area contributed by atoms with Crippen LogP contribution in [0.15, 0.2) is 63.2 Å². The Balaban J connectivity index is 1.65. The van der Waals surface area contributed by atoms with E-state index in [9.17, 15) is 9.59 Å². The van der Waals surface area contributed by atoms with Gasteiger partial charge < -0.3 is 0 Å². The van der Waals surface area contributed by atoms with Gasteiger partial charge in [-0.3, -0.25) is 18.8 Å². The van der Waals surface area contributed by atoms with E-state index < -0.39 is 5.76 Å². The Morgan fingerprint density at radius 3 is 2.58 bits per heavy atom. The minimum atomic E-state index is -0.550. The fourth-order valence-electron chi connectivity index (χ4n) is 3.37. The number of amides is 1. The van der Waals surface area contributed by atoms with Crippen LogP contribution in [0.2, 0.25) is 0 Å². The minimum Gasteiger partial charge on any atom is -0.295 e. The van der Waals surface area contributed by atoms with Crippen LogP contribution < -0.4 is 10.7 Å². The zero-order valence-corrected chi connectivity index (χ0v) is 18.3. The summed E-state index contributed by atoms with van der Waals surface area (Å²) in [6, 6.07) is 15.5. The van der Waals surface area contributed by atoms with Crippen molar-refractivity contribution in [2.45, 2.75) is 33.7 Å². The fourth-order valence-corrected chi connectivity index (χ4v) is 4.24. The lowest BCUT2D eigenvalue weighted by atomic mass is 10.1. The molecule has 0 saturated heterocycles. The summed E-state index contributed by atoms with van der Waals surface area (Å²) in [5.74, 6) is -0.226. The summed E-state index contributed by atoms with van der Waals surface area (Å²) in [4.78, 5) is 30.9. The molecule has 158 valence electrons. The summed E-state index contributed by atoms with van der Waals surface area (Å²) >= 11 is 1.35. The molecule has 0 N–H and O–H groups in total. The van der Waals surface area contributed by atoms with Crippen LogP contribution in [0.4, 0.5) is 10.8 Å². The van der Waals surface area contributed by atoms with Gasteiger partial charge in [-0.1, -0.05) is 48.5 Å². The molecule has 31 heavy (non-hydrogen) atoms. The smallest absolute Gasteiger partial charge is 0.295 e.